The summed E-state index contributed by atoms with van der Waals surface area (Å²) in [7, 11) is 0. The molecule has 0 aromatic carbocycles. The fraction of sp³-hybridized carbons (Fsp3) is 0.833. The smallest absolute Gasteiger partial charge is 0.326 e. The highest BCUT2D eigenvalue weighted by Crippen LogP contribution is 2.33. The zero-order valence-corrected chi connectivity index (χ0v) is 11.6. The van der Waals surface area contributed by atoms with E-state index in [0.717, 1.165) is 12.8 Å². The maximum atomic E-state index is 12.1. The number of carboxylic acid groups (broad SMARTS) is 1. The molecule has 2 aliphatic rings. The molecule has 5 nitrogen and oxygen atoms in total. The van der Waals surface area contributed by atoms with Gasteiger partial charge >= 0.3 is 12.0 Å². The highest BCUT2D eigenvalue weighted by atomic mass is 32.2. The van der Waals surface area contributed by atoms with Crippen LogP contribution >= 0.6 is 11.8 Å². The van der Waals surface area contributed by atoms with E-state index in [2.05, 4.69) is 19.2 Å². The molecule has 1 saturated heterocycles. The number of nitrogens with zero attached hydrogens (tertiary/aromatic N) is 1. The predicted octanol–water partition coefficient (Wildman–Crippen LogP) is 1.38. The minimum atomic E-state index is -0.918. The van der Waals surface area contributed by atoms with E-state index in [4.69, 9.17) is 5.11 Å². The summed E-state index contributed by atoms with van der Waals surface area (Å²) in [6, 6.07) is -0.939. The molecule has 2 fully saturated rings. The maximum absolute atomic E-state index is 12.1. The third-order valence-electron chi connectivity index (χ3n) is 3.35. The quantitative estimate of drug-likeness (QED) is 0.814. The monoisotopic (exact) mass is 272 g/mol. The number of urea groups is 1. The summed E-state index contributed by atoms with van der Waals surface area (Å²) >= 11 is 1.87. The molecule has 1 saturated carbocycles. The Morgan fingerprint density at radius 3 is 2.28 bits per heavy atom. The average molecular weight is 272 g/mol. The van der Waals surface area contributed by atoms with Crippen LogP contribution in [0.2, 0.25) is 0 Å². The minimum absolute atomic E-state index is 0.125. The Balaban J connectivity index is 1.91. The first-order valence-corrected chi connectivity index (χ1v) is 7.35. The van der Waals surface area contributed by atoms with Gasteiger partial charge in [0.05, 0.1) is 0 Å². The van der Waals surface area contributed by atoms with Gasteiger partial charge in [0.25, 0.3) is 0 Å². The van der Waals surface area contributed by atoms with Crippen LogP contribution in [0.15, 0.2) is 0 Å². The molecule has 1 heterocycles. The first-order valence-electron chi connectivity index (χ1n) is 6.41. The van der Waals surface area contributed by atoms with E-state index in [1.165, 1.54) is 0 Å². The molecule has 18 heavy (non-hydrogen) atoms. The topological polar surface area (TPSA) is 69.6 Å². The number of rotatable bonds is 3. The van der Waals surface area contributed by atoms with Gasteiger partial charge in [0.15, 0.2) is 0 Å². The fourth-order valence-electron chi connectivity index (χ4n) is 2.38. The number of hydrogen-bond donors (Lipinski definition) is 2. The maximum Gasteiger partial charge on any atom is 0.326 e. The van der Waals surface area contributed by atoms with Crippen molar-refractivity contribution >= 4 is 23.8 Å². The van der Waals surface area contributed by atoms with Crippen LogP contribution in [-0.2, 0) is 4.79 Å². The lowest BCUT2D eigenvalue weighted by atomic mass is 10.2. The van der Waals surface area contributed by atoms with E-state index in [1.807, 2.05) is 11.8 Å². The average Bonchev–Trinajstić information content (AvgIpc) is 3.07. The van der Waals surface area contributed by atoms with Crippen LogP contribution in [0.25, 0.3) is 0 Å². The SMILES string of the molecule is CC1CN(C(=O)NC(C(=O)O)C2CC2)CC(C)S1. The summed E-state index contributed by atoms with van der Waals surface area (Å²) < 4.78 is 0. The second kappa shape index (κ2) is 5.38. The molecule has 2 amide bonds. The zero-order valence-electron chi connectivity index (χ0n) is 10.8. The molecule has 0 radical (unpaired) electrons. The number of carbonyl (C=O) groups excluding carboxylic acids is 1. The number of aliphatic carboxylic acids is 1. The van der Waals surface area contributed by atoms with E-state index in [0.29, 0.717) is 23.6 Å². The lowest BCUT2D eigenvalue weighted by molar-refractivity contribution is -0.139. The van der Waals surface area contributed by atoms with E-state index >= 15 is 0 Å². The molecule has 2 N–H and O–H groups in total. The molecule has 2 rings (SSSR count). The summed E-state index contributed by atoms with van der Waals surface area (Å²) in [5.41, 5.74) is 0. The Bertz CT molecular complexity index is 336. The largest absolute Gasteiger partial charge is 0.480 e. The molecule has 0 aromatic heterocycles. The van der Waals surface area contributed by atoms with Gasteiger partial charge in [-0.15, -0.1) is 0 Å². The summed E-state index contributed by atoms with van der Waals surface area (Å²) in [6.07, 6.45) is 1.81. The Morgan fingerprint density at radius 1 is 1.28 bits per heavy atom. The molecule has 1 aliphatic carbocycles. The fourth-order valence-corrected chi connectivity index (χ4v) is 3.70. The van der Waals surface area contributed by atoms with Crippen molar-refractivity contribution in [2.24, 2.45) is 5.92 Å². The van der Waals surface area contributed by atoms with Gasteiger partial charge in [0.2, 0.25) is 0 Å². The minimum Gasteiger partial charge on any atom is -0.480 e. The second-order valence-electron chi connectivity index (χ2n) is 5.27. The van der Waals surface area contributed by atoms with Crippen LogP contribution in [0.4, 0.5) is 4.79 Å². The number of carboxylic acids is 1. The van der Waals surface area contributed by atoms with Crippen molar-refractivity contribution in [1.29, 1.82) is 0 Å². The summed E-state index contributed by atoms with van der Waals surface area (Å²) in [4.78, 5) is 24.9. The van der Waals surface area contributed by atoms with Crippen molar-refractivity contribution in [3.05, 3.63) is 0 Å². The molecular formula is C12H20N2O3S. The van der Waals surface area contributed by atoms with Gasteiger partial charge in [-0.1, -0.05) is 13.8 Å². The van der Waals surface area contributed by atoms with Crippen molar-refractivity contribution in [3.8, 4) is 0 Å². The van der Waals surface area contributed by atoms with Gasteiger partial charge in [0.1, 0.15) is 6.04 Å². The third-order valence-corrected chi connectivity index (χ3v) is 4.57. The normalized spacial score (nSPS) is 29.8. The third kappa shape index (κ3) is 3.31. The Hall–Kier alpha value is -0.910. The number of carbonyl (C=O) groups is 2. The highest BCUT2D eigenvalue weighted by Gasteiger charge is 2.38. The number of thioether (sulfide) groups is 1. The molecule has 102 valence electrons. The van der Waals surface area contributed by atoms with E-state index < -0.39 is 12.0 Å². The van der Waals surface area contributed by atoms with Gasteiger partial charge in [-0.3, -0.25) is 0 Å². The van der Waals surface area contributed by atoms with Crippen molar-refractivity contribution in [1.82, 2.24) is 10.2 Å². The van der Waals surface area contributed by atoms with Crippen LogP contribution in [-0.4, -0.2) is 51.6 Å². The van der Waals surface area contributed by atoms with Crippen molar-refractivity contribution in [2.45, 2.75) is 43.2 Å². The lowest BCUT2D eigenvalue weighted by Gasteiger charge is -2.35. The first kappa shape index (κ1) is 13.5. The second-order valence-corrected chi connectivity index (χ2v) is 7.15. The lowest BCUT2D eigenvalue weighted by Crippen LogP contribution is -2.53. The molecule has 1 aliphatic heterocycles. The zero-order chi connectivity index (χ0) is 13.3. The van der Waals surface area contributed by atoms with Gasteiger partial charge in [0, 0.05) is 23.6 Å². The van der Waals surface area contributed by atoms with Crippen molar-refractivity contribution < 1.29 is 14.7 Å². The standard InChI is InChI=1S/C12H20N2O3S/c1-7-5-14(6-8(2)18-7)12(17)13-10(11(15)16)9-3-4-9/h7-10H,3-6H2,1-2H3,(H,13,17)(H,15,16). The summed E-state index contributed by atoms with van der Waals surface area (Å²) in [5, 5.41) is 12.6. The van der Waals surface area contributed by atoms with E-state index in [9.17, 15) is 9.59 Å². The summed E-state index contributed by atoms with van der Waals surface area (Å²) in [6.45, 7) is 5.57. The molecule has 3 atom stereocenters. The number of hydrogen-bond acceptors (Lipinski definition) is 3. The molecule has 0 bridgehead atoms. The van der Waals surface area contributed by atoms with E-state index in [1.54, 1.807) is 4.90 Å². The molecular weight excluding hydrogens is 252 g/mol. The van der Waals surface area contributed by atoms with Crippen LogP contribution in [0, 0.1) is 5.92 Å². The Labute approximate surface area is 111 Å². The molecule has 0 spiro atoms. The van der Waals surface area contributed by atoms with Gasteiger partial charge in [-0.2, -0.15) is 11.8 Å². The van der Waals surface area contributed by atoms with Crippen molar-refractivity contribution in [2.75, 3.05) is 13.1 Å². The molecule has 6 heteroatoms. The first-order chi connectivity index (χ1) is 8.47. The van der Waals surface area contributed by atoms with Crippen LogP contribution in [0.3, 0.4) is 0 Å². The number of amides is 2. The highest BCUT2D eigenvalue weighted by molar-refractivity contribution is 8.00. The van der Waals surface area contributed by atoms with Crippen LogP contribution in [0.5, 0.6) is 0 Å². The van der Waals surface area contributed by atoms with E-state index in [-0.39, 0.29) is 11.9 Å². The van der Waals surface area contributed by atoms with Crippen LogP contribution in [0.1, 0.15) is 26.7 Å². The number of nitrogens with one attached hydrogen (secondary N) is 1. The Kier molecular flexibility index (Phi) is 4.04. The predicted molar refractivity (Wildman–Crippen MR) is 70.8 cm³/mol. The Morgan fingerprint density at radius 2 is 1.83 bits per heavy atom. The van der Waals surface area contributed by atoms with Gasteiger partial charge < -0.3 is 15.3 Å². The van der Waals surface area contributed by atoms with Gasteiger partial charge in [-0.25, -0.2) is 9.59 Å². The molecule has 3 unspecified atom stereocenters. The summed E-state index contributed by atoms with van der Waals surface area (Å²) in [5.74, 6) is -0.793. The van der Waals surface area contributed by atoms with Crippen molar-refractivity contribution in [3.63, 3.8) is 0 Å². The van der Waals surface area contributed by atoms with Gasteiger partial charge in [-0.05, 0) is 18.8 Å². The van der Waals surface area contributed by atoms with Crippen LogP contribution < -0.4 is 5.32 Å². The molecule has 0 aromatic rings.